The van der Waals surface area contributed by atoms with Gasteiger partial charge in [-0.1, -0.05) is 11.6 Å². The van der Waals surface area contributed by atoms with Gasteiger partial charge in [0.25, 0.3) is 0 Å². The van der Waals surface area contributed by atoms with E-state index >= 15 is 0 Å². The number of likely N-dealkylation sites (N-methyl/N-ethyl adjacent to an activating group) is 1. The fourth-order valence-corrected chi connectivity index (χ4v) is 5.62. The van der Waals surface area contributed by atoms with E-state index in [-0.39, 0.29) is 24.2 Å². The number of fused-ring (bicyclic) bond motifs is 2. The number of H-pyrrole nitrogens is 1. The van der Waals surface area contributed by atoms with Crippen LogP contribution in [0.3, 0.4) is 0 Å². The first-order valence-corrected chi connectivity index (χ1v) is 12.8. The summed E-state index contributed by atoms with van der Waals surface area (Å²) in [6.45, 7) is 3.96. The van der Waals surface area contributed by atoms with Gasteiger partial charge in [-0.05, 0) is 69.6 Å². The molecule has 37 heavy (non-hydrogen) atoms. The second kappa shape index (κ2) is 9.54. The third-order valence-electron chi connectivity index (χ3n) is 7.44. The first kappa shape index (κ1) is 24.1. The Labute approximate surface area is 218 Å². The molecule has 4 heterocycles. The molecule has 0 aliphatic carbocycles. The maximum absolute atomic E-state index is 14.8. The largest absolute Gasteiger partial charge is 0.462 e. The highest BCUT2D eigenvalue weighted by atomic mass is 35.5. The fourth-order valence-electron chi connectivity index (χ4n) is 5.36. The summed E-state index contributed by atoms with van der Waals surface area (Å²) in [5.74, 6) is 0.0148. The minimum atomic E-state index is -0.355. The van der Waals surface area contributed by atoms with Gasteiger partial charge in [0.2, 0.25) is 0 Å². The molecule has 1 saturated heterocycles. The zero-order valence-electron chi connectivity index (χ0n) is 20.7. The molecule has 6 rings (SSSR count). The summed E-state index contributed by atoms with van der Waals surface area (Å²) in [7, 11) is 2.09. The van der Waals surface area contributed by atoms with Gasteiger partial charge in [-0.3, -0.25) is 5.10 Å². The van der Waals surface area contributed by atoms with Gasteiger partial charge in [0.05, 0.1) is 23.8 Å². The van der Waals surface area contributed by atoms with Crippen LogP contribution >= 0.6 is 11.6 Å². The van der Waals surface area contributed by atoms with E-state index in [1.807, 2.05) is 11.0 Å². The normalized spacial score (nSPS) is 18.7. The third kappa shape index (κ3) is 4.40. The van der Waals surface area contributed by atoms with Crippen molar-refractivity contribution >= 4 is 39.2 Å². The van der Waals surface area contributed by atoms with E-state index < -0.39 is 0 Å². The van der Waals surface area contributed by atoms with Crippen LogP contribution in [-0.2, 0) is 0 Å². The molecule has 1 N–H and O–H groups in total. The monoisotopic (exact) mass is 524 g/mol. The number of aromatic nitrogens is 4. The number of ether oxygens (including phenoxy) is 1. The highest BCUT2D eigenvalue weighted by Gasteiger charge is 2.25. The average molecular weight is 525 g/mol. The molecule has 0 spiro atoms. The summed E-state index contributed by atoms with van der Waals surface area (Å²) in [6.07, 6.45) is 6.02. The Kier molecular flexibility index (Phi) is 6.20. The molecule has 10 heteroatoms. The molecular weight excluding hydrogens is 498 g/mol. The topological polar surface area (TPSA) is 70.2 Å². The lowest BCUT2D eigenvalue weighted by Crippen LogP contribution is -2.32. The average Bonchev–Trinajstić information content (AvgIpc) is 3.51. The predicted molar refractivity (Wildman–Crippen MR) is 141 cm³/mol. The molecule has 4 aromatic rings. The minimum absolute atomic E-state index is 0.120. The van der Waals surface area contributed by atoms with Crippen molar-refractivity contribution in [2.75, 3.05) is 38.2 Å². The number of nitrogens with zero attached hydrogens (tertiary/aromatic N) is 5. The summed E-state index contributed by atoms with van der Waals surface area (Å²) in [4.78, 5) is 13.6. The summed E-state index contributed by atoms with van der Waals surface area (Å²) in [6, 6.07) is 5.57. The summed E-state index contributed by atoms with van der Waals surface area (Å²) in [5.41, 5.74) is 2.92. The molecule has 192 valence electrons. The van der Waals surface area contributed by atoms with Crippen molar-refractivity contribution in [3.8, 4) is 17.1 Å². The standard InChI is InChI=1S/C27H27ClF2N6O/c1-15-22(30)11-24-20(12-31-34-24)25(15)18-10-23-19(9-21(18)28)26(36-8-3-5-16(29)13-36)33-27(32-23)37-14-17-6-4-7-35(17)2/h5,9-12,17H,3-4,6-8,13-14H2,1-2H3,(H,31,34). The lowest BCUT2D eigenvalue weighted by atomic mass is 9.95. The number of aromatic amines is 1. The minimum Gasteiger partial charge on any atom is -0.462 e. The second-order valence-electron chi connectivity index (χ2n) is 9.82. The molecule has 2 aliphatic rings. The Bertz CT molecular complexity index is 1540. The number of hydrogen-bond acceptors (Lipinski definition) is 6. The molecule has 1 fully saturated rings. The van der Waals surface area contributed by atoms with E-state index in [1.54, 1.807) is 25.3 Å². The van der Waals surface area contributed by atoms with Crippen LogP contribution in [0.4, 0.5) is 14.6 Å². The summed E-state index contributed by atoms with van der Waals surface area (Å²) < 4.78 is 35.2. The first-order chi connectivity index (χ1) is 17.9. The smallest absolute Gasteiger partial charge is 0.319 e. The van der Waals surface area contributed by atoms with Crippen LogP contribution in [0, 0.1) is 12.7 Å². The Morgan fingerprint density at radius 2 is 2.03 bits per heavy atom. The second-order valence-corrected chi connectivity index (χ2v) is 10.2. The summed E-state index contributed by atoms with van der Waals surface area (Å²) in [5, 5.41) is 8.80. The van der Waals surface area contributed by atoms with Crippen molar-refractivity contribution in [3.63, 3.8) is 0 Å². The van der Waals surface area contributed by atoms with Gasteiger partial charge < -0.3 is 14.5 Å². The van der Waals surface area contributed by atoms with Crippen molar-refractivity contribution < 1.29 is 13.5 Å². The molecule has 1 atom stereocenters. The van der Waals surface area contributed by atoms with Gasteiger partial charge >= 0.3 is 6.01 Å². The maximum atomic E-state index is 14.8. The van der Waals surface area contributed by atoms with Gasteiger partial charge in [-0.2, -0.15) is 15.1 Å². The zero-order valence-corrected chi connectivity index (χ0v) is 21.4. The maximum Gasteiger partial charge on any atom is 0.319 e. The van der Waals surface area contributed by atoms with Crippen LogP contribution in [0.5, 0.6) is 6.01 Å². The lowest BCUT2D eigenvalue weighted by molar-refractivity contribution is 0.188. The van der Waals surface area contributed by atoms with Crippen LogP contribution < -0.4 is 9.64 Å². The van der Waals surface area contributed by atoms with Crippen molar-refractivity contribution in [2.45, 2.75) is 32.2 Å². The van der Waals surface area contributed by atoms with Crippen molar-refractivity contribution in [3.05, 3.63) is 52.7 Å². The van der Waals surface area contributed by atoms with Gasteiger partial charge in [0.15, 0.2) is 0 Å². The highest BCUT2D eigenvalue weighted by molar-refractivity contribution is 6.35. The molecule has 2 aliphatic heterocycles. The van der Waals surface area contributed by atoms with E-state index in [0.29, 0.717) is 69.6 Å². The van der Waals surface area contributed by atoms with Gasteiger partial charge in [0.1, 0.15) is 24.1 Å². The SMILES string of the molecule is Cc1c(F)cc2[nH]ncc2c1-c1cc2nc(OCC3CCCN3C)nc(N3CCC=C(F)C3)c2cc1Cl. The third-order valence-corrected chi connectivity index (χ3v) is 7.75. The van der Waals surface area contributed by atoms with Crippen molar-refractivity contribution in [2.24, 2.45) is 0 Å². The van der Waals surface area contributed by atoms with Crippen molar-refractivity contribution in [1.29, 1.82) is 0 Å². The number of rotatable bonds is 5. The van der Waals surface area contributed by atoms with Gasteiger partial charge in [0, 0.05) is 39.5 Å². The number of likely N-dealkylation sites (tertiary alicyclic amines) is 1. The number of hydrogen-bond donors (Lipinski definition) is 1. The molecule has 2 aromatic heterocycles. The van der Waals surface area contributed by atoms with Gasteiger partial charge in [-0.15, -0.1) is 0 Å². The van der Waals surface area contributed by atoms with Crippen LogP contribution in [0.2, 0.25) is 5.02 Å². The van der Waals surface area contributed by atoms with Gasteiger partial charge in [-0.25, -0.2) is 8.78 Å². The number of anilines is 1. The van der Waals surface area contributed by atoms with Crippen LogP contribution in [0.25, 0.3) is 32.9 Å². The molecule has 0 amide bonds. The Balaban J connectivity index is 1.50. The lowest BCUT2D eigenvalue weighted by Gasteiger charge is -2.27. The quantitative estimate of drug-likeness (QED) is 0.355. The predicted octanol–water partition coefficient (Wildman–Crippen LogP) is 5.81. The first-order valence-electron chi connectivity index (χ1n) is 12.5. The summed E-state index contributed by atoms with van der Waals surface area (Å²) >= 11 is 6.82. The zero-order chi connectivity index (χ0) is 25.7. The van der Waals surface area contributed by atoms with E-state index in [9.17, 15) is 8.78 Å². The van der Waals surface area contributed by atoms with E-state index in [0.717, 1.165) is 24.8 Å². The Morgan fingerprint density at radius 3 is 2.81 bits per heavy atom. The van der Waals surface area contributed by atoms with E-state index in [2.05, 4.69) is 22.1 Å². The molecule has 1 unspecified atom stereocenters. The van der Waals surface area contributed by atoms with Crippen LogP contribution in [0.15, 0.2) is 36.3 Å². The number of nitrogens with one attached hydrogen (secondary N) is 1. The Morgan fingerprint density at radius 1 is 1.16 bits per heavy atom. The molecule has 2 aromatic carbocycles. The highest BCUT2D eigenvalue weighted by Crippen LogP contribution is 2.41. The molecule has 0 bridgehead atoms. The van der Waals surface area contributed by atoms with Crippen LogP contribution in [0.1, 0.15) is 24.8 Å². The van der Waals surface area contributed by atoms with E-state index in [1.165, 1.54) is 6.07 Å². The Hall–Kier alpha value is -3.30. The molecule has 7 nitrogen and oxygen atoms in total. The van der Waals surface area contributed by atoms with Crippen molar-refractivity contribution in [1.82, 2.24) is 25.1 Å². The number of benzene rings is 2. The number of halogens is 3. The van der Waals surface area contributed by atoms with Crippen LogP contribution in [-0.4, -0.2) is 64.4 Å². The molecular formula is C27H27ClF2N6O. The molecule has 0 radical (unpaired) electrons. The van der Waals surface area contributed by atoms with E-state index in [4.69, 9.17) is 26.3 Å². The fraction of sp³-hybridized carbons (Fsp3) is 0.370. The molecule has 0 saturated carbocycles.